The molecule has 2 aliphatic rings. The van der Waals surface area contributed by atoms with Crippen LogP contribution in [0.5, 0.6) is 0 Å². The first-order valence-corrected chi connectivity index (χ1v) is 8.10. The van der Waals surface area contributed by atoms with Gasteiger partial charge in [-0.05, 0) is 29.4 Å². The van der Waals surface area contributed by atoms with Crippen molar-refractivity contribution in [2.45, 2.75) is 0 Å². The second-order valence-electron chi connectivity index (χ2n) is 6.06. The molecule has 2 N–H and O–H groups in total. The van der Waals surface area contributed by atoms with E-state index >= 15 is 0 Å². The normalized spacial score (nSPS) is 24.8. The summed E-state index contributed by atoms with van der Waals surface area (Å²) in [5.74, 6) is 0.339. The Hall–Kier alpha value is -2.12. The average Bonchev–Trinajstić information content (AvgIpc) is 3.01. The quantitative estimate of drug-likeness (QED) is 0.796. The molecule has 2 fully saturated rings. The number of nitrogens with one attached hydrogen (secondary N) is 1. The van der Waals surface area contributed by atoms with E-state index in [2.05, 4.69) is 15.3 Å². The van der Waals surface area contributed by atoms with Crippen LogP contribution >= 0.6 is 23.2 Å². The number of likely N-dealkylation sites (tertiary alicyclic amines) is 1. The zero-order chi connectivity index (χ0) is 17.0. The maximum absolute atomic E-state index is 12.4. The molecule has 1 saturated heterocycles. The molecule has 1 saturated carbocycles. The summed E-state index contributed by atoms with van der Waals surface area (Å²) in [7, 11) is 0. The molecule has 7 nitrogen and oxygen atoms in total. The number of rotatable bonds is 2. The van der Waals surface area contributed by atoms with Gasteiger partial charge in [-0.25, -0.2) is 14.8 Å². The molecule has 2 aromatic heterocycles. The third-order valence-corrected chi connectivity index (χ3v) is 5.14. The third-order valence-electron chi connectivity index (χ3n) is 4.66. The second kappa shape index (κ2) is 5.46. The molecule has 2 amide bonds. The minimum Gasteiger partial charge on any atom is -0.465 e. The number of aromatic nitrogens is 2. The number of nitrogens with zero attached hydrogens (tertiary/aromatic N) is 3. The van der Waals surface area contributed by atoms with E-state index in [0.717, 1.165) is 5.39 Å². The van der Waals surface area contributed by atoms with Crippen molar-refractivity contribution in [1.29, 1.82) is 0 Å². The molecule has 2 aromatic rings. The fourth-order valence-corrected chi connectivity index (χ4v) is 3.92. The first kappa shape index (κ1) is 15.4. The number of halogens is 2. The minimum atomic E-state index is -0.931. The van der Waals surface area contributed by atoms with Crippen LogP contribution in [0, 0.1) is 17.8 Å². The maximum Gasteiger partial charge on any atom is 0.407 e. The van der Waals surface area contributed by atoms with Crippen LogP contribution in [0.3, 0.4) is 0 Å². The Morgan fingerprint density at radius 1 is 1.25 bits per heavy atom. The zero-order valence-electron chi connectivity index (χ0n) is 12.2. The van der Waals surface area contributed by atoms with Crippen LogP contribution in [0.2, 0.25) is 10.3 Å². The molecule has 24 heavy (non-hydrogen) atoms. The van der Waals surface area contributed by atoms with Crippen molar-refractivity contribution in [2.24, 2.45) is 17.8 Å². The summed E-state index contributed by atoms with van der Waals surface area (Å²) in [6.07, 6.45) is 0.608. The molecular weight excluding hydrogens is 355 g/mol. The van der Waals surface area contributed by atoms with Crippen LogP contribution in [0.4, 0.5) is 10.6 Å². The predicted octanol–water partition coefficient (Wildman–Crippen LogP) is 2.73. The number of fused-ring (bicyclic) bond motifs is 2. The number of hydrogen-bond donors (Lipinski definition) is 2. The van der Waals surface area contributed by atoms with Crippen molar-refractivity contribution in [3.05, 3.63) is 28.6 Å². The van der Waals surface area contributed by atoms with Crippen molar-refractivity contribution in [1.82, 2.24) is 14.9 Å². The number of carbonyl (C=O) groups excluding carboxylic acids is 1. The van der Waals surface area contributed by atoms with Gasteiger partial charge in [-0.1, -0.05) is 23.2 Å². The van der Waals surface area contributed by atoms with Gasteiger partial charge in [0.25, 0.3) is 0 Å². The van der Waals surface area contributed by atoms with E-state index in [1.165, 1.54) is 11.1 Å². The minimum absolute atomic E-state index is 0.106. The Kier molecular flexibility index (Phi) is 3.51. The zero-order valence-corrected chi connectivity index (χ0v) is 13.8. The highest BCUT2D eigenvalue weighted by Gasteiger charge is 2.60. The fraction of sp³-hybridized carbons (Fsp3) is 0.333. The Labute approximate surface area is 146 Å². The van der Waals surface area contributed by atoms with Crippen molar-refractivity contribution in [2.75, 3.05) is 18.4 Å². The van der Waals surface area contributed by atoms with Crippen LogP contribution < -0.4 is 5.32 Å². The van der Waals surface area contributed by atoms with E-state index in [9.17, 15) is 9.59 Å². The number of anilines is 1. The standard InChI is InChI=1S/C15H12Cl2N4O3/c16-10-1-6-2-11(18-3-7(6)13(17)19-10)20-14(22)12-8-4-21(15(23)24)5-9(8)12/h1-3,8-9,12H,4-5H2,(H,23,24)(H,18,20,22)/t8-,9+,12-. The molecule has 3 heterocycles. The first-order valence-electron chi connectivity index (χ1n) is 7.34. The molecule has 1 aliphatic heterocycles. The van der Waals surface area contributed by atoms with Gasteiger partial charge in [0.15, 0.2) is 0 Å². The van der Waals surface area contributed by atoms with Crippen LogP contribution in [-0.2, 0) is 4.79 Å². The molecule has 9 heteroatoms. The summed E-state index contributed by atoms with van der Waals surface area (Å²) in [5.41, 5.74) is 0. The lowest BCUT2D eigenvalue weighted by Gasteiger charge is -2.15. The van der Waals surface area contributed by atoms with Gasteiger partial charge in [0.1, 0.15) is 16.1 Å². The van der Waals surface area contributed by atoms with Crippen LogP contribution in [0.1, 0.15) is 0 Å². The molecule has 1 aliphatic carbocycles. The van der Waals surface area contributed by atoms with Crippen molar-refractivity contribution in [3.8, 4) is 0 Å². The van der Waals surface area contributed by atoms with Crippen LogP contribution in [0.15, 0.2) is 18.3 Å². The van der Waals surface area contributed by atoms with Gasteiger partial charge < -0.3 is 15.3 Å². The summed E-state index contributed by atoms with van der Waals surface area (Å²) in [4.78, 5) is 32.7. The van der Waals surface area contributed by atoms with Gasteiger partial charge in [-0.3, -0.25) is 4.79 Å². The van der Waals surface area contributed by atoms with Crippen molar-refractivity contribution < 1.29 is 14.7 Å². The number of carboxylic acid groups (broad SMARTS) is 1. The van der Waals surface area contributed by atoms with Gasteiger partial charge in [-0.2, -0.15) is 0 Å². The van der Waals surface area contributed by atoms with Crippen molar-refractivity contribution in [3.63, 3.8) is 0 Å². The molecule has 124 valence electrons. The molecule has 3 atom stereocenters. The molecule has 0 radical (unpaired) electrons. The predicted molar refractivity (Wildman–Crippen MR) is 88.3 cm³/mol. The second-order valence-corrected chi connectivity index (χ2v) is 6.80. The van der Waals surface area contributed by atoms with Crippen molar-refractivity contribution >= 4 is 51.8 Å². The third kappa shape index (κ3) is 2.53. The monoisotopic (exact) mass is 366 g/mol. The topological polar surface area (TPSA) is 95.4 Å². The van der Waals surface area contributed by atoms with Crippen LogP contribution in [0.25, 0.3) is 10.8 Å². The van der Waals surface area contributed by atoms with Gasteiger partial charge in [0.2, 0.25) is 5.91 Å². The van der Waals surface area contributed by atoms with E-state index in [0.29, 0.717) is 24.3 Å². The first-order chi connectivity index (χ1) is 11.4. The number of pyridine rings is 2. The molecule has 0 aromatic carbocycles. The van der Waals surface area contributed by atoms with E-state index < -0.39 is 6.09 Å². The summed E-state index contributed by atoms with van der Waals surface area (Å²) in [5, 5.41) is 13.6. The van der Waals surface area contributed by atoms with Crippen LogP contribution in [-0.4, -0.2) is 45.1 Å². The Morgan fingerprint density at radius 2 is 1.96 bits per heavy atom. The molecule has 0 unspecified atom stereocenters. The van der Waals surface area contributed by atoms with E-state index in [1.54, 1.807) is 12.1 Å². The summed E-state index contributed by atoms with van der Waals surface area (Å²) in [6, 6.07) is 3.34. The van der Waals surface area contributed by atoms with E-state index in [1.807, 2.05) is 0 Å². The SMILES string of the molecule is O=C(Nc1cc2cc(Cl)nc(Cl)c2cn1)[C@@H]1[C@@H]2CN(C(=O)O)C[C@@H]21. The summed E-state index contributed by atoms with van der Waals surface area (Å²) >= 11 is 11.9. The lowest BCUT2D eigenvalue weighted by Crippen LogP contribution is -2.32. The highest BCUT2D eigenvalue weighted by atomic mass is 35.5. The average molecular weight is 367 g/mol. The number of carbonyl (C=O) groups is 2. The largest absolute Gasteiger partial charge is 0.465 e. The van der Waals surface area contributed by atoms with E-state index in [4.69, 9.17) is 28.3 Å². The molecular formula is C15H12Cl2N4O3. The Balaban J connectivity index is 1.48. The lowest BCUT2D eigenvalue weighted by atomic mass is 10.2. The van der Waals surface area contributed by atoms with E-state index in [-0.39, 0.29) is 34.0 Å². The van der Waals surface area contributed by atoms with Gasteiger partial charge in [-0.15, -0.1) is 0 Å². The Bertz CT molecular complexity index is 863. The highest BCUT2D eigenvalue weighted by molar-refractivity contribution is 6.36. The highest BCUT2D eigenvalue weighted by Crippen LogP contribution is 2.52. The summed E-state index contributed by atoms with van der Waals surface area (Å²) < 4.78 is 0. The number of hydrogen-bond acceptors (Lipinski definition) is 4. The molecule has 0 bridgehead atoms. The Morgan fingerprint density at radius 3 is 2.62 bits per heavy atom. The maximum atomic E-state index is 12.4. The van der Waals surface area contributed by atoms with Gasteiger partial charge in [0, 0.05) is 30.6 Å². The molecule has 4 rings (SSSR count). The smallest absolute Gasteiger partial charge is 0.407 e. The van der Waals surface area contributed by atoms with Gasteiger partial charge >= 0.3 is 6.09 Å². The lowest BCUT2D eigenvalue weighted by molar-refractivity contribution is -0.118. The van der Waals surface area contributed by atoms with Gasteiger partial charge in [0.05, 0.1) is 0 Å². The fourth-order valence-electron chi connectivity index (χ4n) is 3.43. The summed E-state index contributed by atoms with van der Waals surface area (Å²) in [6.45, 7) is 0.834. The number of amides is 2. The molecule has 0 spiro atoms. The number of piperidine rings is 1.